The Bertz CT molecular complexity index is 856. The third-order valence-corrected chi connectivity index (χ3v) is 5.20. The molecular weight excluding hydrogens is 388 g/mol. The van der Waals surface area contributed by atoms with Crippen LogP contribution in [-0.2, 0) is 9.53 Å². The monoisotopic (exact) mass is 408 g/mol. The van der Waals surface area contributed by atoms with Gasteiger partial charge in [0, 0.05) is 18.7 Å². The van der Waals surface area contributed by atoms with Crippen molar-refractivity contribution in [2.45, 2.75) is 18.3 Å². The molecular formula is C17H21ClN6O2S. The number of hydrogen-bond donors (Lipinski definition) is 3. The number of nitrogens with one attached hydrogen (secondary N) is 2. The molecule has 0 aliphatic carbocycles. The summed E-state index contributed by atoms with van der Waals surface area (Å²) in [4.78, 5) is 16.1. The lowest BCUT2D eigenvalue weighted by molar-refractivity contribution is -0.117. The lowest BCUT2D eigenvalue weighted by Gasteiger charge is -2.24. The van der Waals surface area contributed by atoms with Crippen molar-refractivity contribution in [1.82, 2.24) is 15.1 Å². The zero-order chi connectivity index (χ0) is 19.4. The van der Waals surface area contributed by atoms with Crippen LogP contribution in [0.5, 0.6) is 0 Å². The van der Waals surface area contributed by atoms with Crippen LogP contribution in [0.25, 0.3) is 5.69 Å². The van der Waals surface area contributed by atoms with Gasteiger partial charge in [0.25, 0.3) is 0 Å². The van der Waals surface area contributed by atoms with Crippen LogP contribution in [0.2, 0.25) is 5.02 Å². The number of rotatable bonds is 7. The van der Waals surface area contributed by atoms with Gasteiger partial charge in [0.2, 0.25) is 5.91 Å². The van der Waals surface area contributed by atoms with Gasteiger partial charge >= 0.3 is 0 Å². The zero-order valence-corrected chi connectivity index (χ0v) is 16.5. The minimum atomic E-state index is -0.417. The molecule has 2 heterocycles. The van der Waals surface area contributed by atoms with Crippen LogP contribution in [0.3, 0.4) is 0 Å². The number of anilines is 1. The molecule has 0 saturated heterocycles. The molecule has 0 radical (unpaired) electrons. The van der Waals surface area contributed by atoms with E-state index >= 15 is 0 Å². The number of amides is 1. The number of ether oxygens (including phenoxy) is 1. The Hall–Kier alpha value is -2.07. The predicted molar refractivity (Wildman–Crippen MR) is 108 cm³/mol. The Balaban J connectivity index is 1.93. The minimum absolute atomic E-state index is 0.313. The van der Waals surface area contributed by atoms with E-state index in [9.17, 15) is 4.79 Å². The third-order valence-electron chi connectivity index (χ3n) is 3.95. The first-order chi connectivity index (χ1) is 13.0. The van der Waals surface area contributed by atoms with Crippen molar-refractivity contribution in [2.75, 3.05) is 25.6 Å². The molecule has 3 rings (SSSR count). The van der Waals surface area contributed by atoms with Gasteiger partial charge in [0.15, 0.2) is 5.17 Å². The summed E-state index contributed by atoms with van der Waals surface area (Å²) < 4.78 is 6.86. The van der Waals surface area contributed by atoms with Crippen LogP contribution in [0.4, 0.5) is 5.82 Å². The molecule has 4 N–H and O–H groups in total. The van der Waals surface area contributed by atoms with E-state index in [1.165, 1.54) is 11.8 Å². The third kappa shape index (κ3) is 4.62. The van der Waals surface area contributed by atoms with Gasteiger partial charge in [-0.05, 0) is 25.1 Å². The van der Waals surface area contributed by atoms with E-state index in [0.717, 1.165) is 17.1 Å². The van der Waals surface area contributed by atoms with E-state index in [0.29, 0.717) is 23.3 Å². The summed E-state index contributed by atoms with van der Waals surface area (Å²) in [6.07, 6.45) is 1.45. The quantitative estimate of drug-likeness (QED) is 0.606. The molecule has 8 nitrogen and oxygen atoms in total. The number of aromatic nitrogens is 2. The number of thioether (sulfide) groups is 1. The molecule has 2 aromatic rings. The Morgan fingerprint density at radius 2 is 2.37 bits per heavy atom. The molecule has 2 atom stereocenters. The van der Waals surface area contributed by atoms with Gasteiger partial charge in [-0.1, -0.05) is 29.4 Å². The first-order valence-electron chi connectivity index (χ1n) is 8.36. The average molecular weight is 409 g/mol. The van der Waals surface area contributed by atoms with Crippen molar-refractivity contribution < 1.29 is 9.53 Å². The van der Waals surface area contributed by atoms with Gasteiger partial charge in [0.1, 0.15) is 12.0 Å². The number of primary amides is 1. The molecule has 0 fully saturated rings. The van der Waals surface area contributed by atoms with E-state index in [4.69, 9.17) is 22.1 Å². The standard InChI is InChI=1S/C17H21ClN6O2S/c1-10(14(19)25)27-17-22-15(20-6-7-26-2)13-9-21-24(16(13)23-17)12-5-3-4-11(18)8-12/h3-5,8-10,15,20H,6-7H2,1-2H3,(H2,19,25)(H,22,23). The summed E-state index contributed by atoms with van der Waals surface area (Å²) >= 11 is 7.40. The van der Waals surface area contributed by atoms with Crippen molar-refractivity contribution in [3.8, 4) is 5.69 Å². The van der Waals surface area contributed by atoms with Crippen molar-refractivity contribution in [1.29, 1.82) is 0 Å². The summed E-state index contributed by atoms with van der Waals surface area (Å²) in [6, 6.07) is 7.41. The second-order valence-corrected chi connectivity index (χ2v) is 7.68. The van der Waals surface area contributed by atoms with E-state index in [-0.39, 0.29) is 6.17 Å². The normalized spacial score (nSPS) is 17.0. The number of halogens is 1. The topological polar surface area (TPSA) is 107 Å². The fourth-order valence-corrected chi connectivity index (χ4v) is 3.51. The summed E-state index contributed by atoms with van der Waals surface area (Å²) in [7, 11) is 1.64. The van der Waals surface area contributed by atoms with Crippen LogP contribution < -0.4 is 16.4 Å². The molecule has 0 bridgehead atoms. The summed E-state index contributed by atoms with van der Waals surface area (Å²) in [6.45, 7) is 2.92. The molecule has 1 aliphatic rings. The van der Waals surface area contributed by atoms with Crippen LogP contribution in [0.15, 0.2) is 35.5 Å². The number of carbonyl (C=O) groups is 1. The number of hydrogen-bond acceptors (Lipinski definition) is 7. The number of fused-ring (bicyclic) bond motifs is 1. The van der Waals surface area contributed by atoms with Gasteiger partial charge in [-0.2, -0.15) is 5.10 Å². The van der Waals surface area contributed by atoms with Crippen LogP contribution in [0.1, 0.15) is 18.7 Å². The van der Waals surface area contributed by atoms with Gasteiger partial charge in [0.05, 0.1) is 29.3 Å². The molecule has 0 saturated carbocycles. The fourth-order valence-electron chi connectivity index (χ4n) is 2.55. The number of carbonyl (C=O) groups excluding carboxylic acids is 1. The first-order valence-corrected chi connectivity index (χ1v) is 9.62. The molecule has 2 unspecified atom stereocenters. The maximum absolute atomic E-state index is 11.4. The Morgan fingerprint density at radius 1 is 1.56 bits per heavy atom. The molecule has 27 heavy (non-hydrogen) atoms. The summed E-state index contributed by atoms with van der Waals surface area (Å²) in [5.41, 5.74) is 7.10. The number of aliphatic imine (C=N–C) groups is 1. The van der Waals surface area contributed by atoms with E-state index in [2.05, 4.69) is 20.7 Å². The number of amidine groups is 1. The first kappa shape index (κ1) is 19.7. The average Bonchev–Trinajstić information content (AvgIpc) is 3.06. The van der Waals surface area contributed by atoms with Crippen molar-refractivity contribution >= 4 is 40.3 Å². The smallest absolute Gasteiger partial charge is 0.230 e. The molecule has 144 valence electrons. The van der Waals surface area contributed by atoms with Gasteiger partial charge in [-0.15, -0.1) is 0 Å². The highest BCUT2D eigenvalue weighted by Crippen LogP contribution is 2.33. The molecule has 1 aromatic heterocycles. The van der Waals surface area contributed by atoms with Crippen LogP contribution in [0, 0.1) is 0 Å². The van der Waals surface area contributed by atoms with Crippen LogP contribution in [-0.4, -0.2) is 46.4 Å². The minimum Gasteiger partial charge on any atom is -0.383 e. The molecule has 1 amide bonds. The Kier molecular flexibility index (Phi) is 6.38. The SMILES string of the molecule is COCCNC1N=C(SC(C)C(N)=O)Nc2c1cnn2-c1cccc(Cl)c1. The van der Waals surface area contributed by atoms with E-state index < -0.39 is 11.2 Å². The second kappa shape index (κ2) is 8.75. The maximum Gasteiger partial charge on any atom is 0.230 e. The second-order valence-electron chi connectivity index (χ2n) is 5.91. The highest BCUT2D eigenvalue weighted by molar-refractivity contribution is 8.15. The highest BCUT2D eigenvalue weighted by atomic mass is 35.5. The van der Waals surface area contributed by atoms with Crippen molar-refractivity contribution in [2.24, 2.45) is 10.7 Å². The summed E-state index contributed by atoms with van der Waals surface area (Å²) in [5, 5.41) is 11.9. The van der Waals surface area contributed by atoms with Crippen molar-refractivity contribution in [3.63, 3.8) is 0 Å². The van der Waals surface area contributed by atoms with Crippen molar-refractivity contribution in [3.05, 3.63) is 41.0 Å². The number of nitrogens with zero attached hydrogens (tertiary/aromatic N) is 3. The number of methoxy groups -OCH3 is 1. The Labute approximate surface area is 166 Å². The maximum atomic E-state index is 11.4. The highest BCUT2D eigenvalue weighted by Gasteiger charge is 2.27. The fraction of sp³-hybridized carbons (Fsp3) is 0.353. The van der Waals surface area contributed by atoms with Gasteiger partial charge in [-0.25, -0.2) is 9.67 Å². The van der Waals surface area contributed by atoms with Gasteiger partial charge in [-0.3, -0.25) is 10.1 Å². The van der Waals surface area contributed by atoms with Gasteiger partial charge < -0.3 is 15.8 Å². The lowest BCUT2D eigenvalue weighted by atomic mass is 10.2. The number of benzene rings is 1. The summed E-state index contributed by atoms with van der Waals surface area (Å²) in [5.74, 6) is 0.365. The zero-order valence-electron chi connectivity index (χ0n) is 15.0. The molecule has 1 aromatic carbocycles. The lowest BCUT2D eigenvalue weighted by Crippen LogP contribution is -2.32. The molecule has 0 spiro atoms. The Morgan fingerprint density at radius 3 is 3.07 bits per heavy atom. The molecule has 1 aliphatic heterocycles. The molecule has 10 heteroatoms. The number of nitrogens with two attached hydrogens (primary N) is 1. The van der Waals surface area contributed by atoms with E-state index in [1.54, 1.807) is 31.0 Å². The van der Waals surface area contributed by atoms with Crippen LogP contribution >= 0.6 is 23.4 Å². The predicted octanol–water partition coefficient (Wildman–Crippen LogP) is 2.15. The largest absolute Gasteiger partial charge is 0.383 e. The van der Waals surface area contributed by atoms with E-state index in [1.807, 2.05) is 18.2 Å².